The average molecular weight is 379 g/mol. The summed E-state index contributed by atoms with van der Waals surface area (Å²) >= 11 is 0. The highest BCUT2D eigenvalue weighted by molar-refractivity contribution is 5.28. The second-order valence-corrected chi connectivity index (χ2v) is 8.99. The van der Waals surface area contributed by atoms with Crippen LogP contribution in [0.25, 0.3) is 0 Å². The van der Waals surface area contributed by atoms with Gasteiger partial charge in [0, 0.05) is 12.7 Å². The van der Waals surface area contributed by atoms with Gasteiger partial charge in [-0.1, -0.05) is 51.9 Å². The van der Waals surface area contributed by atoms with E-state index in [2.05, 4.69) is 6.92 Å². The normalized spacial score (nSPS) is 29.0. The molecule has 0 unspecified atom stereocenters. The Hall–Kier alpha value is -0.960. The summed E-state index contributed by atoms with van der Waals surface area (Å²) in [5.41, 5.74) is 0.883. The van der Waals surface area contributed by atoms with Gasteiger partial charge in [-0.05, 0) is 67.1 Å². The minimum Gasteiger partial charge on any atom is -0.380 e. The largest absolute Gasteiger partial charge is 0.380 e. The molecule has 0 spiro atoms. The van der Waals surface area contributed by atoms with Crippen molar-refractivity contribution in [3.63, 3.8) is 0 Å². The summed E-state index contributed by atoms with van der Waals surface area (Å²) in [4.78, 5) is 0. The van der Waals surface area contributed by atoms with Crippen molar-refractivity contribution in [3.8, 4) is 0 Å². The summed E-state index contributed by atoms with van der Waals surface area (Å²) in [6.45, 7) is 2.32. The number of hydrogen-bond donors (Lipinski definition) is 0. The van der Waals surface area contributed by atoms with E-state index in [0.717, 1.165) is 36.2 Å². The second kappa shape index (κ2) is 10.0. The molecule has 0 saturated heterocycles. The van der Waals surface area contributed by atoms with Crippen molar-refractivity contribution in [2.24, 2.45) is 17.8 Å². The standard InChI is InChI=1S/C24H36F2O/c1-3-17-4-6-18(7-5-17)8-9-19-10-12-20(13-11-19)21-14-23(25)22(16-27-2)24(26)15-21/h14-15,17-20H,3-13,16H2,1-2H3. The van der Waals surface area contributed by atoms with Gasteiger partial charge in [-0.2, -0.15) is 0 Å². The van der Waals surface area contributed by atoms with Gasteiger partial charge in [0.15, 0.2) is 0 Å². The van der Waals surface area contributed by atoms with Gasteiger partial charge in [-0.15, -0.1) is 0 Å². The Kier molecular flexibility index (Phi) is 7.69. The topological polar surface area (TPSA) is 9.23 Å². The van der Waals surface area contributed by atoms with Crippen LogP contribution in [-0.2, 0) is 11.3 Å². The lowest BCUT2D eigenvalue weighted by Crippen LogP contribution is -2.17. The van der Waals surface area contributed by atoms with E-state index >= 15 is 0 Å². The molecule has 0 N–H and O–H groups in total. The first-order chi connectivity index (χ1) is 13.1. The van der Waals surface area contributed by atoms with Gasteiger partial charge in [0.1, 0.15) is 11.6 Å². The third-order valence-corrected chi connectivity index (χ3v) is 7.30. The van der Waals surface area contributed by atoms with E-state index in [0.29, 0.717) is 5.92 Å². The van der Waals surface area contributed by atoms with Crippen molar-refractivity contribution in [1.29, 1.82) is 0 Å². The van der Waals surface area contributed by atoms with E-state index in [1.54, 1.807) is 0 Å². The molecule has 0 heterocycles. The van der Waals surface area contributed by atoms with Crippen LogP contribution in [0.4, 0.5) is 8.78 Å². The Labute approximate surface area is 163 Å². The molecule has 1 nitrogen and oxygen atoms in total. The first-order valence-corrected chi connectivity index (χ1v) is 11.1. The Morgan fingerprint density at radius 2 is 1.30 bits per heavy atom. The lowest BCUT2D eigenvalue weighted by molar-refractivity contribution is 0.177. The van der Waals surface area contributed by atoms with Crippen LogP contribution in [-0.4, -0.2) is 7.11 Å². The molecule has 1 aromatic carbocycles. The molecule has 0 aliphatic heterocycles. The second-order valence-electron chi connectivity index (χ2n) is 8.99. The van der Waals surface area contributed by atoms with Crippen LogP contribution in [0.2, 0.25) is 0 Å². The highest BCUT2D eigenvalue weighted by atomic mass is 19.1. The van der Waals surface area contributed by atoms with Crippen LogP contribution in [0.15, 0.2) is 12.1 Å². The van der Waals surface area contributed by atoms with Crippen LogP contribution in [0.3, 0.4) is 0 Å². The van der Waals surface area contributed by atoms with E-state index in [1.165, 1.54) is 77.0 Å². The number of hydrogen-bond acceptors (Lipinski definition) is 1. The van der Waals surface area contributed by atoms with Gasteiger partial charge in [-0.25, -0.2) is 8.78 Å². The Balaban J connectivity index is 1.45. The molecule has 0 atom stereocenters. The molecule has 2 fully saturated rings. The van der Waals surface area contributed by atoms with E-state index in [1.807, 2.05) is 0 Å². The third-order valence-electron chi connectivity index (χ3n) is 7.30. The zero-order valence-electron chi connectivity index (χ0n) is 17.1. The molecule has 0 amide bonds. The van der Waals surface area contributed by atoms with Gasteiger partial charge in [0.25, 0.3) is 0 Å². The van der Waals surface area contributed by atoms with Gasteiger partial charge in [0.05, 0.1) is 6.61 Å². The van der Waals surface area contributed by atoms with Crippen molar-refractivity contribution in [3.05, 3.63) is 34.9 Å². The van der Waals surface area contributed by atoms with Crippen molar-refractivity contribution >= 4 is 0 Å². The van der Waals surface area contributed by atoms with Gasteiger partial charge >= 0.3 is 0 Å². The van der Waals surface area contributed by atoms with Crippen molar-refractivity contribution in [2.45, 2.75) is 90.1 Å². The molecule has 0 aromatic heterocycles. The average Bonchev–Trinajstić information content (AvgIpc) is 2.70. The molecule has 0 bridgehead atoms. The van der Waals surface area contributed by atoms with Crippen LogP contribution >= 0.6 is 0 Å². The first kappa shape index (κ1) is 20.8. The quantitative estimate of drug-likeness (QED) is 0.481. The fraction of sp³-hybridized carbons (Fsp3) is 0.750. The molecule has 1 aromatic rings. The summed E-state index contributed by atoms with van der Waals surface area (Å²) in [6, 6.07) is 3.07. The van der Waals surface area contributed by atoms with Crippen molar-refractivity contribution in [1.82, 2.24) is 0 Å². The fourth-order valence-corrected chi connectivity index (χ4v) is 5.32. The smallest absolute Gasteiger partial charge is 0.131 e. The predicted molar refractivity (Wildman–Crippen MR) is 107 cm³/mol. The summed E-state index contributed by atoms with van der Waals surface area (Å²) in [5.74, 6) is 2.12. The molecular weight excluding hydrogens is 342 g/mol. The molecule has 0 radical (unpaired) electrons. The van der Waals surface area contributed by atoms with Crippen molar-refractivity contribution < 1.29 is 13.5 Å². The SMILES string of the molecule is CCC1CCC(CCC2CCC(c3cc(F)c(COC)c(F)c3)CC2)CC1. The zero-order valence-corrected chi connectivity index (χ0v) is 17.1. The summed E-state index contributed by atoms with van der Waals surface area (Å²) in [7, 11) is 1.46. The van der Waals surface area contributed by atoms with Crippen LogP contribution < -0.4 is 0 Å². The Bertz CT molecular complexity index is 561. The van der Waals surface area contributed by atoms with Gasteiger partial charge in [0.2, 0.25) is 0 Å². The van der Waals surface area contributed by atoms with Crippen molar-refractivity contribution in [2.75, 3.05) is 7.11 Å². The zero-order chi connectivity index (χ0) is 19.2. The number of rotatable bonds is 7. The lowest BCUT2D eigenvalue weighted by atomic mass is 9.74. The summed E-state index contributed by atoms with van der Waals surface area (Å²) in [5, 5.41) is 0. The minimum absolute atomic E-state index is 0.00907. The molecule has 152 valence electrons. The monoisotopic (exact) mass is 378 g/mol. The number of methoxy groups -OCH3 is 1. The van der Waals surface area contributed by atoms with E-state index in [9.17, 15) is 8.78 Å². The number of halogens is 2. The molecule has 2 aliphatic rings. The Morgan fingerprint density at radius 3 is 1.78 bits per heavy atom. The fourth-order valence-electron chi connectivity index (χ4n) is 5.32. The van der Waals surface area contributed by atoms with Gasteiger partial charge in [-0.3, -0.25) is 0 Å². The summed E-state index contributed by atoms with van der Waals surface area (Å²) < 4.78 is 33.3. The van der Waals surface area contributed by atoms with Crippen LogP contribution in [0, 0.1) is 29.4 Å². The molecule has 3 heteroatoms. The first-order valence-electron chi connectivity index (χ1n) is 11.1. The maximum Gasteiger partial charge on any atom is 0.131 e. The maximum absolute atomic E-state index is 14.2. The van der Waals surface area contributed by atoms with Crippen LogP contribution in [0.5, 0.6) is 0 Å². The highest BCUT2D eigenvalue weighted by Gasteiger charge is 2.26. The summed E-state index contributed by atoms with van der Waals surface area (Å²) in [6.07, 6.45) is 14.4. The third kappa shape index (κ3) is 5.53. The maximum atomic E-state index is 14.2. The van der Waals surface area contributed by atoms with E-state index in [4.69, 9.17) is 4.74 Å². The van der Waals surface area contributed by atoms with E-state index in [-0.39, 0.29) is 12.2 Å². The molecule has 2 aliphatic carbocycles. The van der Waals surface area contributed by atoms with Gasteiger partial charge < -0.3 is 4.74 Å². The molecule has 2 saturated carbocycles. The molecule has 27 heavy (non-hydrogen) atoms. The molecular formula is C24H36F2O. The minimum atomic E-state index is -0.461. The number of benzene rings is 1. The highest BCUT2D eigenvalue weighted by Crippen LogP contribution is 2.40. The predicted octanol–water partition coefficient (Wildman–Crippen LogP) is 7.38. The van der Waals surface area contributed by atoms with Crippen LogP contribution in [0.1, 0.15) is 94.6 Å². The Morgan fingerprint density at radius 1 is 0.815 bits per heavy atom. The van der Waals surface area contributed by atoms with E-state index < -0.39 is 11.6 Å². The number of ether oxygens (including phenoxy) is 1. The lowest BCUT2D eigenvalue weighted by Gasteiger charge is -2.32. The molecule has 3 rings (SSSR count).